The van der Waals surface area contributed by atoms with E-state index in [0.29, 0.717) is 19.0 Å². The molecule has 0 aliphatic rings. The predicted octanol–water partition coefficient (Wildman–Crippen LogP) is 2.73. The van der Waals surface area contributed by atoms with Crippen molar-refractivity contribution in [3.05, 3.63) is 0 Å². The van der Waals surface area contributed by atoms with E-state index in [-0.39, 0.29) is 11.7 Å². The molecule has 0 saturated heterocycles. The summed E-state index contributed by atoms with van der Waals surface area (Å²) in [5, 5.41) is 0. The molecule has 0 unspecified atom stereocenters. The van der Waals surface area contributed by atoms with E-state index in [4.69, 9.17) is 0 Å². The second-order valence-electron chi connectivity index (χ2n) is 5.28. The molecule has 4 heteroatoms. The van der Waals surface area contributed by atoms with E-state index in [1.807, 2.05) is 13.8 Å². The van der Waals surface area contributed by atoms with Crippen LogP contribution in [0.2, 0.25) is 0 Å². The Balaban J connectivity index is 4.59. The molecule has 0 aliphatic carbocycles. The maximum Gasteiger partial charge on any atom is 0.214 e. The van der Waals surface area contributed by atoms with E-state index in [1.54, 1.807) is 4.31 Å². The minimum atomic E-state index is -3.06. The molecule has 3 nitrogen and oxygen atoms in total. The summed E-state index contributed by atoms with van der Waals surface area (Å²) in [6.45, 7) is 11.4. The van der Waals surface area contributed by atoms with Crippen LogP contribution in [0.4, 0.5) is 0 Å². The third-order valence-electron chi connectivity index (χ3n) is 2.27. The van der Waals surface area contributed by atoms with Crippen LogP contribution in [-0.4, -0.2) is 31.6 Å². The Morgan fingerprint density at radius 2 is 1.62 bits per heavy atom. The first-order valence-electron chi connectivity index (χ1n) is 6.27. The molecule has 98 valence electrons. The second kappa shape index (κ2) is 7.28. The van der Waals surface area contributed by atoms with Crippen molar-refractivity contribution in [2.75, 3.05) is 18.8 Å². The fraction of sp³-hybridized carbons (Fsp3) is 1.00. The zero-order chi connectivity index (χ0) is 12.8. The number of nitrogens with zero attached hydrogens (tertiary/aromatic N) is 1. The molecular formula is C12H27NO2S. The van der Waals surface area contributed by atoms with Crippen molar-refractivity contribution in [2.24, 2.45) is 11.8 Å². The fourth-order valence-electron chi connectivity index (χ4n) is 1.61. The van der Waals surface area contributed by atoms with Gasteiger partial charge in [-0.3, -0.25) is 0 Å². The molecule has 0 N–H and O–H groups in total. The maximum absolute atomic E-state index is 12.1. The number of hydrogen-bond acceptors (Lipinski definition) is 2. The molecule has 0 saturated carbocycles. The Bertz CT molecular complexity index is 271. The van der Waals surface area contributed by atoms with Gasteiger partial charge in [0.1, 0.15) is 0 Å². The van der Waals surface area contributed by atoms with E-state index >= 15 is 0 Å². The zero-order valence-corrected chi connectivity index (χ0v) is 12.2. The summed E-state index contributed by atoms with van der Waals surface area (Å²) in [5.41, 5.74) is 0. The molecule has 0 aromatic rings. The normalized spacial score (nSPS) is 13.0. The van der Waals surface area contributed by atoms with Gasteiger partial charge in [0.25, 0.3) is 0 Å². The largest absolute Gasteiger partial charge is 0.214 e. The standard InChI is InChI=1S/C12H27NO2S/c1-6-7-8-13(9-11(2)3)16(14,15)10-12(4)5/h11-12H,6-10H2,1-5H3. The quantitative estimate of drug-likeness (QED) is 0.663. The highest BCUT2D eigenvalue weighted by molar-refractivity contribution is 7.89. The molecule has 0 rings (SSSR count). The zero-order valence-electron chi connectivity index (χ0n) is 11.4. The van der Waals surface area contributed by atoms with Gasteiger partial charge >= 0.3 is 0 Å². The van der Waals surface area contributed by atoms with Crippen LogP contribution in [-0.2, 0) is 10.0 Å². The monoisotopic (exact) mass is 249 g/mol. The maximum atomic E-state index is 12.1. The lowest BCUT2D eigenvalue weighted by atomic mass is 10.2. The minimum Gasteiger partial charge on any atom is -0.212 e. The summed E-state index contributed by atoms with van der Waals surface area (Å²) in [7, 11) is -3.06. The van der Waals surface area contributed by atoms with Gasteiger partial charge in [0, 0.05) is 13.1 Å². The van der Waals surface area contributed by atoms with E-state index in [0.717, 1.165) is 12.8 Å². The Labute approximate surface area is 101 Å². The lowest BCUT2D eigenvalue weighted by molar-refractivity contribution is 0.359. The van der Waals surface area contributed by atoms with Crippen molar-refractivity contribution in [1.29, 1.82) is 0 Å². The fourth-order valence-corrected chi connectivity index (χ4v) is 3.60. The predicted molar refractivity (Wildman–Crippen MR) is 69.9 cm³/mol. The smallest absolute Gasteiger partial charge is 0.212 e. The Kier molecular flexibility index (Phi) is 7.24. The molecular weight excluding hydrogens is 222 g/mol. The first kappa shape index (κ1) is 15.9. The van der Waals surface area contributed by atoms with Gasteiger partial charge in [0.15, 0.2) is 0 Å². The van der Waals surface area contributed by atoms with Crippen LogP contribution < -0.4 is 0 Å². The Morgan fingerprint density at radius 1 is 1.06 bits per heavy atom. The van der Waals surface area contributed by atoms with Crippen molar-refractivity contribution >= 4 is 10.0 Å². The van der Waals surface area contributed by atoms with Crippen LogP contribution in [0.25, 0.3) is 0 Å². The summed E-state index contributed by atoms with van der Waals surface area (Å²) in [6, 6.07) is 0. The van der Waals surface area contributed by atoms with Gasteiger partial charge in [-0.1, -0.05) is 41.0 Å². The molecule has 16 heavy (non-hydrogen) atoms. The third-order valence-corrected chi connectivity index (χ3v) is 4.47. The molecule has 0 bridgehead atoms. The molecule has 0 aromatic carbocycles. The minimum absolute atomic E-state index is 0.196. The van der Waals surface area contributed by atoms with Crippen molar-refractivity contribution in [3.8, 4) is 0 Å². The average Bonchev–Trinajstić information content (AvgIpc) is 2.09. The molecule has 0 fully saturated rings. The second-order valence-corrected chi connectivity index (χ2v) is 7.29. The molecule has 0 atom stereocenters. The van der Waals surface area contributed by atoms with Gasteiger partial charge in [0.05, 0.1) is 5.75 Å². The van der Waals surface area contributed by atoms with Crippen LogP contribution in [0.1, 0.15) is 47.5 Å². The number of hydrogen-bond donors (Lipinski definition) is 0. The highest BCUT2D eigenvalue weighted by Crippen LogP contribution is 2.11. The number of unbranched alkanes of at least 4 members (excludes halogenated alkanes) is 1. The van der Waals surface area contributed by atoms with Gasteiger partial charge in [-0.05, 0) is 18.3 Å². The van der Waals surface area contributed by atoms with Gasteiger partial charge in [-0.2, -0.15) is 0 Å². The molecule has 0 spiro atoms. The highest BCUT2D eigenvalue weighted by Gasteiger charge is 2.23. The summed E-state index contributed by atoms with van der Waals surface area (Å²) in [4.78, 5) is 0. The first-order chi connectivity index (χ1) is 7.29. The van der Waals surface area contributed by atoms with Crippen LogP contribution in [0, 0.1) is 11.8 Å². The summed E-state index contributed by atoms with van der Waals surface area (Å²) in [5.74, 6) is 0.851. The van der Waals surface area contributed by atoms with E-state index in [1.165, 1.54) is 0 Å². The average molecular weight is 249 g/mol. The number of rotatable bonds is 8. The van der Waals surface area contributed by atoms with E-state index in [2.05, 4.69) is 20.8 Å². The molecule has 0 aromatic heterocycles. The first-order valence-corrected chi connectivity index (χ1v) is 7.88. The Hall–Kier alpha value is -0.0900. The number of sulfonamides is 1. The van der Waals surface area contributed by atoms with Gasteiger partial charge in [-0.25, -0.2) is 12.7 Å². The highest BCUT2D eigenvalue weighted by atomic mass is 32.2. The van der Waals surface area contributed by atoms with Crippen LogP contribution in [0.5, 0.6) is 0 Å². The van der Waals surface area contributed by atoms with Crippen molar-refractivity contribution in [3.63, 3.8) is 0 Å². The molecule has 0 heterocycles. The van der Waals surface area contributed by atoms with Crippen LogP contribution in [0.15, 0.2) is 0 Å². The molecule has 0 amide bonds. The van der Waals surface area contributed by atoms with Gasteiger partial charge < -0.3 is 0 Å². The summed E-state index contributed by atoms with van der Waals surface area (Å²) in [6.07, 6.45) is 1.98. The van der Waals surface area contributed by atoms with Crippen molar-refractivity contribution in [1.82, 2.24) is 4.31 Å². The topological polar surface area (TPSA) is 37.4 Å². The summed E-state index contributed by atoms with van der Waals surface area (Å²) < 4.78 is 25.9. The molecule has 0 aliphatic heterocycles. The molecule has 0 radical (unpaired) electrons. The van der Waals surface area contributed by atoms with Crippen LogP contribution in [0.3, 0.4) is 0 Å². The van der Waals surface area contributed by atoms with Crippen LogP contribution >= 0.6 is 0 Å². The lowest BCUT2D eigenvalue weighted by Crippen LogP contribution is -2.37. The van der Waals surface area contributed by atoms with Gasteiger partial charge in [-0.15, -0.1) is 0 Å². The summed E-state index contributed by atoms with van der Waals surface area (Å²) >= 11 is 0. The third kappa shape index (κ3) is 6.48. The van der Waals surface area contributed by atoms with Gasteiger partial charge in [0.2, 0.25) is 10.0 Å². The lowest BCUT2D eigenvalue weighted by Gasteiger charge is -2.24. The van der Waals surface area contributed by atoms with Crippen molar-refractivity contribution in [2.45, 2.75) is 47.5 Å². The van der Waals surface area contributed by atoms with E-state index < -0.39 is 10.0 Å². The Morgan fingerprint density at radius 3 is 2.00 bits per heavy atom. The SMILES string of the molecule is CCCCN(CC(C)C)S(=O)(=O)CC(C)C. The van der Waals surface area contributed by atoms with Crippen molar-refractivity contribution < 1.29 is 8.42 Å². The van der Waals surface area contributed by atoms with E-state index in [9.17, 15) is 8.42 Å².